The first-order chi connectivity index (χ1) is 16.2. The first-order valence-electron chi connectivity index (χ1n) is 10.9. The zero-order valence-corrected chi connectivity index (χ0v) is 18.1. The van der Waals surface area contributed by atoms with Crippen molar-refractivity contribution in [2.75, 3.05) is 18.9 Å². The Morgan fingerprint density at radius 1 is 0.848 bits per heavy atom. The summed E-state index contributed by atoms with van der Waals surface area (Å²) in [6.07, 6.45) is 3.00. The minimum absolute atomic E-state index is 0.0643. The van der Waals surface area contributed by atoms with Gasteiger partial charge in [0.15, 0.2) is 17.2 Å². The third-order valence-electron chi connectivity index (χ3n) is 6.10. The Labute approximate surface area is 191 Å². The van der Waals surface area contributed by atoms with E-state index in [-0.39, 0.29) is 17.6 Å². The molecule has 2 aromatic carbocycles. The summed E-state index contributed by atoms with van der Waals surface area (Å²) in [4.78, 5) is 25.9. The summed E-state index contributed by atoms with van der Waals surface area (Å²) in [5.41, 5.74) is 9.15. The first kappa shape index (κ1) is 21.2. The topological polar surface area (TPSA) is 105 Å². The molecule has 2 N–H and O–H groups in total. The summed E-state index contributed by atoms with van der Waals surface area (Å²) >= 11 is 0. The Morgan fingerprint density at radius 3 is 2.15 bits per heavy atom. The van der Waals surface area contributed by atoms with Crippen molar-refractivity contribution in [2.24, 2.45) is 11.8 Å². The quantitative estimate of drug-likeness (QED) is 0.423. The summed E-state index contributed by atoms with van der Waals surface area (Å²) in [5, 5.41) is 0. The number of Topliss-reactive ketones (excluding diaryl/α,β-unsaturated/α-hetero) is 1. The number of carbonyl (C=O) groups excluding carboxylic acids is 1. The molecule has 0 bridgehead atoms. The van der Waals surface area contributed by atoms with Crippen molar-refractivity contribution in [1.29, 1.82) is 0 Å². The average Bonchev–Trinajstić information content (AvgIpc) is 3.27. The molecule has 1 fully saturated rings. The van der Waals surface area contributed by atoms with Crippen molar-refractivity contribution in [2.45, 2.75) is 19.3 Å². The van der Waals surface area contributed by atoms with Gasteiger partial charge in [0.05, 0.1) is 38.7 Å². The van der Waals surface area contributed by atoms with Crippen LogP contribution in [-0.2, 0) is 27.5 Å². The van der Waals surface area contributed by atoms with Crippen LogP contribution in [0.5, 0.6) is 0 Å². The van der Waals surface area contributed by atoms with Crippen LogP contribution < -0.4 is 5.73 Å². The number of imidazole rings is 1. The van der Waals surface area contributed by atoms with E-state index in [2.05, 4.69) is 15.0 Å². The molecule has 0 radical (unpaired) electrons. The van der Waals surface area contributed by atoms with E-state index < -0.39 is 6.04 Å². The number of aromatic nitrogens is 4. The molecule has 3 atom stereocenters. The predicted octanol–water partition coefficient (Wildman–Crippen LogP) is 3.20. The number of benzene rings is 2. The Hall–Kier alpha value is -3.62. The van der Waals surface area contributed by atoms with Crippen LogP contribution in [0.25, 0.3) is 11.2 Å². The highest BCUT2D eigenvalue weighted by molar-refractivity contribution is 5.93. The van der Waals surface area contributed by atoms with E-state index in [1.165, 1.54) is 6.33 Å². The van der Waals surface area contributed by atoms with Crippen LogP contribution in [0.2, 0.25) is 0 Å². The van der Waals surface area contributed by atoms with Gasteiger partial charge in [0.1, 0.15) is 17.9 Å². The monoisotopic (exact) mass is 443 g/mol. The molecule has 8 nitrogen and oxygen atoms in total. The second-order valence-corrected chi connectivity index (χ2v) is 8.20. The maximum absolute atomic E-state index is 13.2. The third kappa shape index (κ3) is 4.35. The molecule has 0 unspecified atom stereocenters. The van der Waals surface area contributed by atoms with E-state index in [0.717, 1.165) is 11.1 Å². The van der Waals surface area contributed by atoms with Gasteiger partial charge < -0.3 is 19.8 Å². The van der Waals surface area contributed by atoms with Gasteiger partial charge >= 0.3 is 0 Å². The zero-order valence-electron chi connectivity index (χ0n) is 18.1. The van der Waals surface area contributed by atoms with Crippen molar-refractivity contribution in [3.05, 3.63) is 84.4 Å². The van der Waals surface area contributed by atoms with Crippen LogP contribution >= 0.6 is 0 Å². The number of carbonyl (C=O) groups is 1. The number of hydrogen-bond acceptors (Lipinski definition) is 7. The molecule has 1 aliphatic carbocycles. The van der Waals surface area contributed by atoms with Crippen LogP contribution in [0.3, 0.4) is 0 Å². The first-order valence-corrected chi connectivity index (χ1v) is 10.9. The average molecular weight is 444 g/mol. The molecule has 33 heavy (non-hydrogen) atoms. The molecule has 0 saturated heterocycles. The highest BCUT2D eigenvalue weighted by atomic mass is 16.5. The largest absolute Gasteiger partial charge is 0.382 e. The Bertz CT molecular complexity index is 1230. The van der Waals surface area contributed by atoms with Crippen molar-refractivity contribution in [1.82, 2.24) is 19.5 Å². The lowest BCUT2D eigenvalue weighted by Crippen LogP contribution is -2.52. The number of ketones is 1. The summed E-state index contributed by atoms with van der Waals surface area (Å²) < 4.78 is 13.7. The lowest BCUT2D eigenvalue weighted by atomic mass is 9.68. The van der Waals surface area contributed by atoms with E-state index in [1.807, 2.05) is 60.7 Å². The molecule has 1 aliphatic rings. The normalized spacial score (nSPS) is 20.1. The molecule has 168 valence electrons. The van der Waals surface area contributed by atoms with Gasteiger partial charge in [-0.3, -0.25) is 4.79 Å². The van der Waals surface area contributed by atoms with E-state index in [1.54, 1.807) is 10.9 Å². The van der Waals surface area contributed by atoms with E-state index in [4.69, 9.17) is 15.2 Å². The maximum atomic E-state index is 13.2. The molecule has 5 rings (SSSR count). The minimum Gasteiger partial charge on any atom is -0.382 e. The molecule has 2 aromatic heterocycles. The number of fused-ring (bicyclic) bond motifs is 1. The summed E-state index contributed by atoms with van der Waals surface area (Å²) in [6.45, 7) is 1.71. The highest BCUT2D eigenvalue weighted by Gasteiger charge is 2.51. The molecule has 0 spiro atoms. The molecule has 8 heteroatoms. The summed E-state index contributed by atoms with van der Waals surface area (Å²) in [7, 11) is 0. The van der Waals surface area contributed by atoms with E-state index in [9.17, 15) is 4.79 Å². The minimum atomic E-state index is -0.426. The summed E-state index contributed by atoms with van der Waals surface area (Å²) in [5.74, 6) is 0.0645. The lowest BCUT2D eigenvalue weighted by Gasteiger charge is -2.43. The van der Waals surface area contributed by atoms with Crippen molar-refractivity contribution in [3.63, 3.8) is 0 Å². The number of anilines is 1. The SMILES string of the molecule is Nc1ncnc2c1ncn2[C@@H]1C(=O)[C@H](COCc2ccccc2)[C@H]1COCc1ccccc1. The third-order valence-corrected chi connectivity index (χ3v) is 6.10. The van der Waals surface area contributed by atoms with Crippen molar-refractivity contribution < 1.29 is 14.3 Å². The second-order valence-electron chi connectivity index (χ2n) is 8.20. The van der Waals surface area contributed by atoms with Gasteiger partial charge in [0.25, 0.3) is 0 Å². The van der Waals surface area contributed by atoms with Crippen LogP contribution in [0.1, 0.15) is 17.2 Å². The molecule has 2 heterocycles. The van der Waals surface area contributed by atoms with Crippen LogP contribution in [-0.4, -0.2) is 38.5 Å². The Balaban J connectivity index is 1.31. The van der Waals surface area contributed by atoms with Crippen LogP contribution in [0.4, 0.5) is 5.82 Å². The molecular formula is C25H25N5O3. The standard InChI is InChI=1S/C25H25N5O3/c26-24-21-25(28-15-27-24)30(16-29-21)22-19(13-32-11-17-7-3-1-4-8-17)20(23(22)31)14-33-12-18-9-5-2-6-10-18/h1-10,15-16,19-20,22H,11-14H2,(H2,26,27,28)/t19-,20-,22+/m1/s1. The maximum Gasteiger partial charge on any atom is 0.166 e. The predicted molar refractivity (Wildman–Crippen MR) is 123 cm³/mol. The molecular weight excluding hydrogens is 418 g/mol. The van der Waals surface area contributed by atoms with Gasteiger partial charge in [-0.1, -0.05) is 60.7 Å². The van der Waals surface area contributed by atoms with Crippen LogP contribution in [0.15, 0.2) is 73.3 Å². The van der Waals surface area contributed by atoms with Gasteiger partial charge in [-0.05, 0) is 11.1 Å². The fourth-order valence-corrected chi connectivity index (χ4v) is 4.34. The Morgan fingerprint density at radius 2 is 1.48 bits per heavy atom. The van der Waals surface area contributed by atoms with Crippen molar-refractivity contribution >= 4 is 22.8 Å². The lowest BCUT2D eigenvalue weighted by molar-refractivity contribution is -0.150. The molecule has 0 amide bonds. The van der Waals surface area contributed by atoms with E-state index >= 15 is 0 Å². The van der Waals surface area contributed by atoms with Gasteiger partial charge in [0, 0.05) is 5.92 Å². The van der Waals surface area contributed by atoms with Crippen LogP contribution in [0, 0.1) is 11.8 Å². The fourth-order valence-electron chi connectivity index (χ4n) is 4.34. The van der Waals surface area contributed by atoms with Crippen molar-refractivity contribution in [3.8, 4) is 0 Å². The fraction of sp³-hybridized carbons (Fsp3) is 0.280. The van der Waals surface area contributed by atoms with Gasteiger partial charge in [0.2, 0.25) is 0 Å². The van der Waals surface area contributed by atoms with Gasteiger partial charge in [-0.2, -0.15) is 0 Å². The van der Waals surface area contributed by atoms with Gasteiger partial charge in [-0.25, -0.2) is 15.0 Å². The zero-order chi connectivity index (χ0) is 22.6. The summed E-state index contributed by atoms with van der Waals surface area (Å²) in [6, 6.07) is 19.5. The molecule has 4 aromatic rings. The smallest absolute Gasteiger partial charge is 0.166 e. The number of nitrogen functional groups attached to an aromatic ring is 1. The molecule has 1 saturated carbocycles. The highest BCUT2D eigenvalue weighted by Crippen LogP contribution is 2.42. The van der Waals surface area contributed by atoms with E-state index in [0.29, 0.717) is 43.4 Å². The number of ether oxygens (including phenoxy) is 2. The number of hydrogen-bond donors (Lipinski definition) is 1. The number of rotatable bonds is 9. The molecule has 0 aliphatic heterocycles. The number of nitrogens with zero attached hydrogens (tertiary/aromatic N) is 4. The number of nitrogens with two attached hydrogens (primary N) is 1. The second kappa shape index (κ2) is 9.48. The Kier molecular flexibility index (Phi) is 6.10. The van der Waals surface area contributed by atoms with Gasteiger partial charge in [-0.15, -0.1) is 0 Å².